The van der Waals surface area contributed by atoms with Crippen LogP contribution in [0.25, 0.3) is 0 Å². The van der Waals surface area contributed by atoms with Gasteiger partial charge in [-0.25, -0.2) is 0 Å². The van der Waals surface area contributed by atoms with Crippen molar-refractivity contribution < 1.29 is 71.3 Å². The Hall–Kier alpha value is -2.59. The van der Waals surface area contributed by atoms with E-state index in [1.54, 1.807) is 21.1 Å². The lowest BCUT2D eigenvalue weighted by molar-refractivity contribution is -0.342. The van der Waals surface area contributed by atoms with Crippen LogP contribution >= 0.6 is 0 Å². The summed E-state index contributed by atoms with van der Waals surface area (Å²) in [6.07, 6.45) is -5.39. The molecule has 17 nitrogen and oxygen atoms in total. The summed E-state index contributed by atoms with van der Waals surface area (Å²) in [5.41, 5.74) is 0.433. The van der Waals surface area contributed by atoms with Gasteiger partial charge in [-0.15, -0.1) is 0 Å². The molecular weight excluding hydrogens is 981 g/mol. The van der Waals surface area contributed by atoms with Gasteiger partial charge < -0.3 is 66.7 Å². The molecule has 432 valence electrons. The Morgan fingerprint density at radius 1 is 0.933 bits per heavy atom. The first-order chi connectivity index (χ1) is 35.2. The molecule has 0 spiro atoms. The van der Waals surface area contributed by atoms with E-state index < -0.39 is 99.4 Å². The molecule has 0 saturated carbocycles. The van der Waals surface area contributed by atoms with Crippen molar-refractivity contribution in [1.82, 2.24) is 9.80 Å². The summed E-state index contributed by atoms with van der Waals surface area (Å²) in [6.45, 7) is 28.4. The molecule has 0 aromatic heterocycles. The molecule has 3 aliphatic rings. The van der Waals surface area contributed by atoms with Gasteiger partial charge in [0.2, 0.25) is 0 Å². The van der Waals surface area contributed by atoms with Crippen LogP contribution in [-0.2, 0) is 72.6 Å². The molecule has 0 amide bonds. The predicted octanol–water partition coefficient (Wildman–Crippen LogP) is 8.31. The van der Waals surface area contributed by atoms with Crippen LogP contribution in [-0.4, -0.2) is 182 Å². The van der Waals surface area contributed by atoms with Gasteiger partial charge >= 0.3 is 17.9 Å². The van der Waals surface area contributed by atoms with Gasteiger partial charge in [0.1, 0.15) is 23.9 Å². The van der Waals surface area contributed by atoms with Gasteiger partial charge in [-0.2, -0.15) is 0 Å². The summed E-state index contributed by atoms with van der Waals surface area (Å²) < 4.78 is 71.3. The first-order valence-corrected chi connectivity index (χ1v) is 30.6. The number of likely N-dealkylation sites (N-methyl/N-ethyl adjacent to an activating group) is 1. The highest BCUT2D eigenvalue weighted by atomic mass is 28.4. The molecule has 4 rings (SSSR count). The van der Waals surface area contributed by atoms with Crippen LogP contribution in [0.1, 0.15) is 133 Å². The number of aliphatic hydroxyl groups is 1. The molecule has 1 N–H and O–H groups in total. The quantitative estimate of drug-likeness (QED) is 0.0433. The molecule has 0 bridgehead atoms. The first kappa shape index (κ1) is 64.9. The normalized spacial score (nSPS) is 34.4. The number of esters is 3. The molecule has 3 fully saturated rings. The van der Waals surface area contributed by atoms with Gasteiger partial charge in [-0.05, 0) is 116 Å². The second kappa shape index (κ2) is 29.6. The van der Waals surface area contributed by atoms with Crippen molar-refractivity contribution in [3.05, 3.63) is 35.9 Å². The van der Waals surface area contributed by atoms with E-state index in [0.717, 1.165) is 25.8 Å². The van der Waals surface area contributed by atoms with Crippen LogP contribution in [0.2, 0.25) is 18.1 Å². The van der Waals surface area contributed by atoms with Gasteiger partial charge in [0.25, 0.3) is 0 Å². The Morgan fingerprint density at radius 2 is 1.60 bits per heavy atom. The van der Waals surface area contributed by atoms with Crippen LogP contribution in [0, 0.1) is 17.8 Å². The van der Waals surface area contributed by atoms with Crippen molar-refractivity contribution in [2.24, 2.45) is 17.8 Å². The molecule has 16 atom stereocenters. The smallest absolute Gasteiger partial charge is 0.308 e. The number of carbonyl (C=O) groups excluding carboxylic acids is 3. The van der Waals surface area contributed by atoms with E-state index in [-0.39, 0.29) is 60.7 Å². The molecule has 1 aromatic carbocycles. The van der Waals surface area contributed by atoms with Crippen molar-refractivity contribution in [3.8, 4) is 0 Å². The van der Waals surface area contributed by atoms with Crippen molar-refractivity contribution in [3.63, 3.8) is 0 Å². The largest absolute Gasteiger partial charge is 0.463 e. The van der Waals surface area contributed by atoms with E-state index in [9.17, 15) is 19.5 Å². The molecule has 3 aliphatic heterocycles. The number of unbranched alkanes of at least 4 members (excludes halogenated alkanes) is 1. The van der Waals surface area contributed by atoms with Crippen LogP contribution in [0.4, 0.5) is 0 Å². The molecule has 0 radical (unpaired) electrons. The molecule has 0 aliphatic carbocycles. The van der Waals surface area contributed by atoms with Crippen molar-refractivity contribution in [1.29, 1.82) is 0 Å². The third-order valence-electron chi connectivity index (χ3n) is 16.5. The summed E-state index contributed by atoms with van der Waals surface area (Å²) in [6, 6.07) is 9.87. The lowest BCUT2D eigenvalue weighted by Crippen LogP contribution is -2.66. The number of ether oxygens (including phenoxy) is 10. The Morgan fingerprint density at radius 3 is 2.19 bits per heavy atom. The van der Waals surface area contributed by atoms with Crippen LogP contribution in [0.5, 0.6) is 0 Å². The lowest BCUT2D eigenvalue weighted by atomic mass is 9.81. The number of carbonyl (C=O) groups is 3. The Balaban J connectivity index is 1.82. The Kier molecular flexibility index (Phi) is 25.6. The molecular formula is C57H100N2O15Si. The minimum Gasteiger partial charge on any atom is -0.463 e. The van der Waals surface area contributed by atoms with Crippen LogP contribution in [0.3, 0.4) is 0 Å². The van der Waals surface area contributed by atoms with Crippen molar-refractivity contribution in [2.45, 2.75) is 238 Å². The number of benzene rings is 1. The second-order valence-electron chi connectivity index (χ2n) is 23.7. The average Bonchev–Trinajstić information content (AvgIpc) is 3.32. The monoisotopic (exact) mass is 1080 g/mol. The van der Waals surface area contributed by atoms with E-state index in [1.807, 2.05) is 59.7 Å². The minimum absolute atomic E-state index is 0.0902. The van der Waals surface area contributed by atoms with Gasteiger partial charge in [-0.1, -0.05) is 71.9 Å². The number of aliphatic hydroxyl groups excluding tert-OH is 1. The second-order valence-corrected chi connectivity index (χ2v) is 28.4. The zero-order valence-electron chi connectivity index (χ0n) is 49.2. The minimum atomic E-state index is -2.39. The molecule has 75 heavy (non-hydrogen) atoms. The fourth-order valence-electron chi connectivity index (χ4n) is 10.7. The number of hydrogen-bond donors (Lipinski definition) is 1. The standard InChI is InChI=1S/C57H100N2O15Si/c1-19-46(62)73-57(11)34-49(68-39(5)38(57)4)71-51-40(6)69-55(54(70-41(7)60)50(51)58(12)13)72-52-43(32-48(64-14)65-15)31-36(2)45(74-75(17,18)56(8,9)10)35-59(29-24-23-27-42-25-21-20-22-26-42)30-28-37(3)67-47(63)33-44(61)53(52)66-16/h20-22,25-26,36-40,43-45,48-55,61H,19,23-24,27-35H2,1-18H3/t36-,37-,38?,39?,40?,43-,44-,45+,49?,50?,51?,52+,53?,54?,55?,57?/m1/s1. The van der Waals surface area contributed by atoms with Crippen molar-refractivity contribution in [2.75, 3.05) is 55.1 Å². The van der Waals surface area contributed by atoms with Crippen molar-refractivity contribution >= 4 is 26.2 Å². The van der Waals surface area contributed by atoms with Gasteiger partial charge in [-0.3, -0.25) is 14.4 Å². The highest BCUT2D eigenvalue weighted by Crippen LogP contribution is 2.43. The fourth-order valence-corrected chi connectivity index (χ4v) is 12.1. The van der Waals surface area contributed by atoms with Gasteiger partial charge in [0.15, 0.2) is 33.3 Å². The van der Waals surface area contributed by atoms with E-state index in [1.165, 1.54) is 19.6 Å². The van der Waals surface area contributed by atoms with E-state index in [4.69, 9.17) is 51.8 Å². The maximum absolute atomic E-state index is 13.8. The summed E-state index contributed by atoms with van der Waals surface area (Å²) in [5.74, 6) is -2.19. The summed E-state index contributed by atoms with van der Waals surface area (Å²) in [5, 5.41) is 12.2. The number of aryl methyl sites for hydroxylation is 1. The van der Waals surface area contributed by atoms with E-state index in [0.29, 0.717) is 25.9 Å². The number of cyclic esters (lactones) is 1. The van der Waals surface area contributed by atoms with Crippen LogP contribution < -0.4 is 0 Å². The topological polar surface area (TPSA) is 179 Å². The summed E-state index contributed by atoms with van der Waals surface area (Å²) >= 11 is 0. The number of nitrogens with zero attached hydrogens (tertiary/aromatic N) is 2. The highest BCUT2D eigenvalue weighted by Gasteiger charge is 2.54. The lowest BCUT2D eigenvalue weighted by Gasteiger charge is -2.51. The first-order valence-electron chi connectivity index (χ1n) is 27.7. The van der Waals surface area contributed by atoms with E-state index >= 15 is 0 Å². The maximum Gasteiger partial charge on any atom is 0.308 e. The average molecular weight is 1080 g/mol. The number of rotatable bonds is 20. The molecule has 10 unspecified atom stereocenters. The predicted molar refractivity (Wildman–Crippen MR) is 289 cm³/mol. The third-order valence-corrected chi connectivity index (χ3v) is 21.1. The SMILES string of the molecule is CCC(=O)OC1(C)CC(OC2C(C)OC(O[C@@H]3C(OC)[C@H](O)CC(=O)O[C@H](C)CCN(CCCCc4ccccc4)C[C@H](O[Si](C)(C)C(C)(C)C)[C@H](C)C[C@@H]3CC(OC)OC)C(OC(C)=O)C2N(C)C)OC(C)C1C. The van der Waals surface area contributed by atoms with E-state index in [2.05, 4.69) is 70.0 Å². The van der Waals surface area contributed by atoms with Gasteiger partial charge in [0, 0.05) is 66.5 Å². The Bertz CT molecular complexity index is 1870. The highest BCUT2D eigenvalue weighted by molar-refractivity contribution is 6.74. The molecule has 3 saturated heterocycles. The van der Waals surface area contributed by atoms with Crippen LogP contribution in [0.15, 0.2) is 30.3 Å². The summed E-state index contributed by atoms with van der Waals surface area (Å²) in [7, 11) is 5.98. The summed E-state index contributed by atoms with van der Waals surface area (Å²) in [4.78, 5) is 44.2. The number of hydrogen-bond acceptors (Lipinski definition) is 17. The van der Waals surface area contributed by atoms with Gasteiger partial charge in [0.05, 0.1) is 43.0 Å². The Labute approximate surface area is 452 Å². The molecule has 18 heteroatoms. The molecule has 3 heterocycles. The zero-order valence-corrected chi connectivity index (χ0v) is 50.2. The number of methoxy groups -OCH3 is 3. The fraction of sp³-hybridized carbons (Fsp3) is 0.842. The zero-order chi connectivity index (χ0) is 56.0. The third kappa shape index (κ3) is 18.8. The molecule has 1 aromatic rings. The maximum atomic E-state index is 13.8.